The zero-order chi connectivity index (χ0) is 14.5. The Kier molecular flexibility index (Phi) is 5.40. The molecule has 2 atom stereocenters. The largest absolute Gasteiger partial charge is 0.353 e. The van der Waals surface area contributed by atoms with E-state index in [1.54, 1.807) is 0 Å². The summed E-state index contributed by atoms with van der Waals surface area (Å²) in [5.41, 5.74) is 0. The topological polar surface area (TPSA) is 52.7 Å². The molecular formula is C15H27N3O2. The molecule has 2 saturated heterocycles. The van der Waals surface area contributed by atoms with Crippen molar-refractivity contribution in [2.75, 3.05) is 26.2 Å². The summed E-state index contributed by atoms with van der Waals surface area (Å²) in [6, 6.07) is 0.828. The molecule has 0 radical (unpaired) electrons. The fourth-order valence-electron chi connectivity index (χ4n) is 3.02. The van der Waals surface area contributed by atoms with E-state index in [9.17, 15) is 9.59 Å². The molecule has 0 aromatic heterocycles. The maximum atomic E-state index is 12.2. The summed E-state index contributed by atoms with van der Waals surface area (Å²) in [6.45, 7) is 8.13. The third-order valence-electron chi connectivity index (χ3n) is 4.67. The number of nitrogens with one attached hydrogen (secondary N) is 1. The molecule has 2 amide bonds. The van der Waals surface area contributed by atoms with Crippen LogP contribution in [0, 0.1) is 0 Å². The van der Waals surface area contributed by atoms with Crippen LogP contribution in [0.2, 0.25) is 0 Å². The number of nitrogens with zero attached hydrogens (tertiary/aromatic N) is 2. The van der Waals surface area contributed by atoms with Gasteiger partial charge in [-0.25, -0.2) is 0 Å². The summed E-state index contributed by atoms with van der Waals surface area (Å²) in [4.78, 5) is 27.7. The summed E-state index contributed by atoms with van der Waals surface area (Å²) in [5, 5.41) is 2.92. The molecule has 0 aromatic rings. The summed E-state index contributed by atoms with van der Waals surface area (Å²) in [7, 11) is 0. The number of piperazine rings is 1. The van der Waals surface area contributed by atoms with Crippen molar-refractivity contribution < 1.29 is 9.59 Å². The van der Waals surface area contributed by atoms with Crippen LogP contribution in [0.5, 0.6) is 0 Å². The van der Waals surface area contributed by atoms with Gasteiger partial charge in [0.15, 0.2) is 0 Å². The molecule has 0 aliphatic carbocycles. The van der Waals surface area contributed by atoms with Gasteiger partial charge in [0.25, 0.3) is 0 Å². The number of carbonyl (C=O) groups is 2. The average molecular weight is 281 g/mol. The maximum Gasteiger partial charge on any atom is 0.222 e. The Bertz CT molecular complexity index is 351. The number of carbonyl (C=O) groups excluding carboxylic acids is 2. The van der Waals surface area contributed by atoms with Crippen LogP contribution in [-0.2, 0) is 9.59 Å². The summed E-state index contributed by atoms with van der Waals surface area (Å²) < 4.78 is 0. The summed E-state index contributed by atoms with van der Waals surface area (Å²) >= 11 is 0. The first-order valence-corrected chi connectivity index (χ1v) is 7.91. The van der Waals surface area contributed by atoms with E-state index in [-0.39, 0.29) is 17.9 Å². The third-order valence-corrected chi connectivity index (χ3v) is 4.67. The Balaban J connectivity index is 1.68. The van der Waals surface area contributed by atoms with Crippen molar-refractivity contribution in [2.24, 2.45) is 0 Å². The molecule has 2 aliphatic heterocycles. The van der Waals surface area contributed by atoms with Crippen LogP contribution in [0.25, 0.3) is 0 Å². The number of hydrogen-bond acceptors (Lipinski definition) is 3. The number of hydrogen-bond donors (Lipinski definition) is 1. The Morgan fingerprint density at radius 3 is 2.60 bits per heavy atom. The van der Waals surface area contributed by atoms with Gasteiger partial charge < -0.3 is 10.2 Å². The van der Waals surface area contributed by atoms with E-state index in [1.165, 1.54) is 0 Å². The summed E-state index contributed by atoms with van der Waals surface area (Å²) in [5.74, 6) is 0.375. The van der Waals surface area contributed by atoms with E-state index in [1.807, 2.05) is 4.90 Å². The van der Waals surface area contributed by atoms with Crippen LogP contribution in [-0.4, -0.2) is 59.9 Å². The van der Waals surface area contributed by atoms with Crippen molar-refractivity contribution in [3.8, 4) is 0 Å². The second-order valence-electron chi connectivity index (χ2n) is 6.02. The average Bonchev–Trinajstić information content (AvgIpc) is 2.89. The molecule has 0 bridgehead atoms. The number of rotatable bonds is 5. The second-order valence-corrected chi connectivity index (χ2v) is 6.02. The lowest BCUT2D eigenvalue weighted by molar-refractivity contribution is -0.133. The predicted octanol–water partition coefficient (Wildman–Crippen LogP) is 0.988. The van der Waals surface area contributed by atoms with E-state index in [2.05, 4.69) is 24.1 Å². The van der Waals surface area contributed by atoms with E-state index in [4.69, 9.17) is 0 Å². The predicted molar refractivity (Wildman–Crippen MR) is 78.3 cm³/mol. The molecule has 0 saturated carbocycles. The Hall–Kier alpha value is -1.10. The minimum Gasteiger partial charge on any atom is -0.353 e. The Labute approximate surface area is 121 Å². The molecule has 2 rings (SSSR count). The zero-order valence-electron chi connectivity index (χ0n) is 12.7. The fraction of sp³-hybridized carbons (Fsp3) is 0.867. The van der Waals surface area contributed by atoms with Gasteiger partial charge in [0, 0.05) is 51.1 Å². The molecule has 2 heterocycles. The smallest absolute Gasteiger partial charge is 0.222 e. The molecule has 5 heteroatoms. The van der Waals surface area contributed by atoms with Gasteiger partial charge in [-0.15, -0.1) is 0 Å². The van der Waals surface area contributed by atoms with Crippen molar-refractivity contribution in [2.45, 2.75) is 58.0 Å². The third kappa shape index (κ3) is 3.95. The molecule has 114 valence electrons. The van der Waals surface area contributed by atoms with Gasteiger partial charge in [0.05, 0.1) is 0 Å². The lowest BCUT2D eigenvalue weighted by atomic mass is 10.1. The van der Waals surface area contributed by atoms with Gasteiger partial charge in [-0.05, 0) is 26.2 Å². The fourth-order valence-corrected chi connectivity index (χ4v) is 3.02. The zero-order valence-corrected chi connectivity index (χ0v) is 12.7. The van der Waals surface area contributed by atoms with Gasteiger partial charge in [-0.2, -0.15) is 0 Å². The van der Waals surface area contributed by atoms with Crippen LogP contribution in [0.15, 0.2) is 0 Å². The van der Waals surface area contributed by atoms with E-state index < -0.39 is 0 Å². The van der Waals surface area contributed by atoms with Crippen molar-refractivity contribution in [1.82, 2.24) is 15.1 Å². The minimum atomic E-state index is 0.129. The van der Waals surface area contributed by atoms with Gasteiger partial charge in [0.1, 0.15) is 0 Å². The van der Waals surface area contributed by atoms with Crippen molar-refractivity contribution in [3.63, 3.8) is 0 Å². The van der Waals surface area contributed by atoms with E-state index >= 15 is 0 Å². The normalized spacial score (nSPS) is 25.6. The standard InChI is InChI=1S/C15H27N3O2/c1-3-12(2)17-8-10-18(11-9-17)15(20)7-5-13-4-6-14(19)16-13/h12-13H,3-11H2,1-2H3,(H,16,19). The Morgan fingerprint density at radius 1 is 1.35 bits per heavy atom. The molecule has 0 aromatic carbocycles. The van der Waals surface area contributed by atoms with Crippen LogP contribution in [0.4, 0.5) is 0 Å². The first-order chi connectivity index (χ1) is 9.60. The molecule has 1 N–H and O–H groups in total. The molecular weight excluding hydrogens is 254 g/mol. The van der Waals surface area contributed by atoms with E-state index in [0.29, 0.717) is 18.9 Å². The van der Waals surface area contributed by atoms with Gasteiger partial charge in [-0.3, -0.25) is 14.5 Å². The Morgan fingerprint density at radius 2 is 2.05 bits per heavy atom. The highest BCUT2D eigenvalue weighted by atomic mass is 16.2. The molecule has 0 spiro atoms. The van der Waals surface area contributed by atoms with Crippen molar-refractivity contribution in [3.05, 3.63) is 0 Å². The number of amides is 2. The molecule has 2 fully saturated rings. The van der Waals surface area contributed by atoms with Crippen LogP contribution >= 0.6 is 0 Å². The SMILES string of the molecule is CCC(C)N1CCN(C(=O)CCC2CCC(=O)N2)CC1. The second kappa shape index (κ2) is 7.07. The maximum absolute atomic E-state index is 12.2. The van der Waals surface area contributed by atoms with E-state index in [0.717, 1.165) is 45.4 Å². The molecule has 5 nitrogen and oxygen atoms in total. The monoisotopic (exact) mass is 281 g/mol. The lowest BCUT2D eigenvalue weighted by Gasteiger charge is -2.38. The highest BCUT2D eigenvalue weighted by molar-refractivity contribution is 5.79. The van der Waals surface area contributed by atoms with Crippen LogP contribution in [0.3, 0.4) is 0 Å². The van der Waals surface area contributed by atoms with Crippen molar-refractivity contribution in [1.29, 1.82) is 0 Å². The summed E-state index contributed by atoms with van der Waals surface area (Å²) in [6.07, 6.45) is 4.01. The van der Waals surface area contributed by atoms with Gasteiger partial charge >= 0.3 is 0 Å². The van der Waals surface area contributed by atoms with Crippen LogP contribution in [0.1, 0.15) is 46.0 Å². The van der Waals surface area contributed by atoms with Gasteiger partial charge in [0.2, 0.25) is 11.8 Å². The van der Waals surface area contributed by atoms with Crippen LogP contribution < -0.4 is 5.32 Å². The van der Waals surface area contributed by atoms with Gasteiger partial charge in [-0.1, -0.05) is 6.92 Å². The highest BCUT2D eigenvalue weighted by Gasteiger charge is 2.25. The first kappa shape index (κ1) is 15.3. The minimum absolute atomic E-state index is 0.129. The highest BCUT2D eigenvalue weighted by Crippen LogP contribution is 2.14. The molecule has 20 heavy (non-hydrogen) atoms. The van der Waals surface area contributed by atoms with Crippen molar-refractivity contribution >= 4 is 11.8 Å². The molecule has 2 aliphatic rings. The quantitative estimate of drug-likeness (QED) is 0.817. The lowest BCUT2D eigenvalue weighted by Crippen LogP contribution is -2.51. The first-order valence-electron chi connectivity index (χ1n) is 7.91. The molecule has 2 unspecified atom stereocenters.